The number of hydrogen-bond acceptors (Lipinski definition) is 8. The van der Waals surface area contributed by atoms with Crippen LogP contribution in [0.5, 0.6) is 28.7 Å². The SMILES string of the molecule is COc1cc(/C=C2\C(=O)N(CCCCCCOc3cc(O)c4c(=O)cc(-c5ccccc5)oc4c3)c3ccccc32)cc(OC)c1OC. The summed E-state index contributed by atoms with van der Waals surface area (Å²) in [6.45, 7) is 1.02. The molecule has 246 valence electrons. The number of ether oxygens (including phenoxy) is 4. The molecule has 0 spiro atoms. The highest BCUT2D eigenvalue weighted by Crippen LogP contribution is 2.42. The van der Waals surface area contributed by atoms with Crippen LogP contribution in [0.4, 0.5) is 5.69 Å². The summed E-state index contributed by atoms with van der Waals surface area (Å²) in [6, 6.07) is 25.3. The third-order valence-electron chi connectivity index (χ3n) is 8.35. The lowest BCUT2D eigenvalue weighted by atomic mass is 10.0. The summed E-state index contributed by atoms with van der Waals surface area (Å²) >= 11 is 0. The van der Waals surface area contributed by atoms with Crippen molar-refractivity contribution in [1.82, 2.24) is 0 Å². The molecule has 1 aromatic heterocycles. The van der Waals surface area contributed by atoms with Gasteiger partial charge in [-0.15, -0.1) is 0 Å². The van der Waals surface area contributed by atoms with Gasteiger partial charge in [0.05, 0.1) is 33.6 Å². The summed E-state index contributed by atoms with van der Waals surface area (Å²) in [5.74, 6) is 2.16. The van der Waals surface area contributed by atoms with Gasteiger partial charge < -0.3 is 33.4 Å². The van der Waals surface area contributed by atoms with E-state index in [0.717, 1.165) is 48.1 Å². The number of rotatable bonds is 13. The number of fused-ring (bicyclic) bond motifs is 2. The molecule has 1 N–H and O–H groups in total. The molecule has 9 heteroatoms. The number of carbonyl (C=O) groups is 1. The predicted molar refractivity (Wildman–Crippen MR) is 186 cm³/mol. The number of benzene rings is 4. The van der Waals surface area contributed by atoms with Crippen LogP contribution < -0.4 is 29.3 Å². The number of methoxy groups -OCH3 is 3. The van der Waals surface area contributed by atoms with Crippen molar-refractivity contribution in [1.29, 1.82) is 0 Å². The smallest absolute Gasteiger partial charge is 0.258 e. The highest BCUT2D eigenvalue weighted by Gasteiger charge is 2.31. The van der Waals surface area contributed by atoms with Crippen LogP contribution in [0.3, 0.4) is 0 Å². The molecule has 1 aliphatic heterocycles. The van der Waals surface area contributed by atoms with Crippen molar-refractivity contribution in [2.75, 3.05) is 39.4 Å². The number of phenols is 1. The number of hydrogen-bond donors (Lipinski definition) is 1. The second-order valence-electron chi connectivity index (χ2n) is 11.4. The standard InChI is InChI=1S/C39H37NO8/c1-44-35-20-25(21-36(45-2)38(35)46-3)19-29-28-15-9-10-16-30(28)40(39(29)43)17-11-4-5-12-18-47-27-22-31(41)37-32(42)24-33(48-34(37)23-27)26-13-7-6-8-14-26/h6-10,13-16,19-24,41H,4-5,11-12,17-18H2,1-3H3/b29-19-. The zero-order valence-electron chi connectivity index (χ0n) is 27.2. The molecule has 4 aromatic carbocycles. The van der Waals surface area contributed by atoms with Gasteiger partial charge in [-0.3, -0.25) is 9.59 Å². The van der Waals surface area contributed by atoms with Crippen molar-refractivity contribution in [3.63, 3.8) is 0 Å². The molecular formula is C39H37NO8. The average molecular weight is 648 g/mol. The Morgan fingerprint density at radius 1 is 0.792 bits per heavy atom. The van der Waals surface area contributed by atoms with E-state index in [1.165, 1.54) is 12.1 Å². The van der Waals surface area contributed by atoms with Crippen LogP contribution in [0.25, 0.3) is 33.9 Å². The highest BCUT2D eigenvalue weighted by molar-refractivity contribution is 6.35. The third kappa shape index (κ3) is 6.57. The van der Waals surface area contributed by atoms with Crippen LogP contribution in [0.1, 0.15) is 36.8 Å². The van der Waals surface area contributed by atoms with Gasteiger partial charge in [-0.05, 0) is 42.7 Å². The Morgan fingerprint density at radius 2 is 1.50 bits per heavy atom. The molecule has 1 aliphatic rings. The summed E-state index contributed by atoms with van der Waals surface area (Å²) in [5, 5.41) is 10.7. The van der Waals surface area contributed by atoms with Crippen LogP contribution in [-0.4, -0.2) is 45.5 Å². The molecule has 0 unspecified atom stereocenters. The first kappa shape index (κ1) is 32.2. The number of aromatic hydroxyl groups is 1. The zero-order valence-corrected chi connectivity index (χ0v) is 27.2. The summed E-state index contributed by atoms with van der Waals surface area (Å²) in [4.78, 5) is 28.2. The summed E-state index contributed by atoms with van der Waals surface area (Å²) in [5.41, 5.74) is 3.87. The van der Waals surface area contributed by atoms with Crippen molar-refractivity contribution in [3.05, 3.63) is 106 Å². The second kappa shape index (κ2) is 14.4. The Morgan fingerprint density at radius 3 is 2.23 bits per heavy atom. The third-order valence-corrected chi connectivity index (χ3v) is 8.35. The van der Waals surface area contributed by atoms with Gasteiger partial charge in [0, 0.05) is 41.4 Å². The minimum absolute atomic E-state index is 0.0496. The van der Waals surface area contributed by atoms with Crippen molar-refractivity contribution >= 4 is 34.2 Å². The molecular weight excluding hydrogens is 610 g/mol. The van der Waals surface area contributed by atoms with Gasteiger partial charge in [-0.2, -0.15) is 0 Å². The lowest BCUT2D eigenvalue weighted by Crippen LogP contribution is -2.27. The molecule has 9 nitrogen and oxygen atoms in total. The monoisotopic (exact) mass is 647 g/mol. The summed E-state index contributed by atoms with van der Waals surface area (Å²) in [7, 11) is 4.68. The quantitative estimate of drug-likeness (QED) is 0.102. The molecule has 0 saturated heterocycles. The predicted octanol–water partition coefficient (Wildman–Crippen LogP) is 7.72. The normalized spacial score (nSPS) is 13.2. The molecule has 0 saturated carbocycles. The molecule has 0 atom stereocenters. The molecule has 0 radical (unpaired) electrons. The van der Waals surface area contributed by atoms with Gasteiger partial charge in [0.25, 0.3) is 5.91 Å². The molecule has 5 aromatic rings. The van der Waals surface area contributed by atoms with Gasteiger partial charge in [0.15, 0.2) is 16.9 Å². The first-order valence-electron chi connectivity index (χ1n) is 15.8. The number of anilines is 1. The fraction of sp³-hybridized carbons (Fsp3) is 0.231. The van der Waals surface area contributed by atoms with Gasteiger partial charge in [0.2, 0.25) is 5.75 Å². The fourth-order valence-corrected chi connectivity index (χ4v) is 6.01. The van der Waals surface area contributed by atoms with Crippen molar-refractivity contribution in [2.45, 2.75) is 25.7 Å². The number of phenolic OH excluding ortho intramolecular Hbond substituents is 1. The number of unbranched alkanes of at least 4 members (excludes halogenated alkanes) is 3. The van der Waals surface area contributed by atoms with E-state index < -0.39 is 0 Å². The maximum absolute atomic E-state index is 13.7. The lowest BCUT2D eigenvalue weighted by Gasteiger charge is -2.17. The maximum Gasteiger partial charge on any atom is 0.258 e. The van der Waals surface area contributed by atoms with E-state index in [4.69, 9.17) is 23.4 Å². The first-order chi connectivity index (χ1) is 23.4. The maximum atomic E-state index is 13.7. The lowest BCUT2D eigenvalue weighted by molar-refractivity contribution is -0.113. The van der Waals surface area contributed by atoms with Crippen LogP contribution in [-0.2, 0) is 4.79 Å². The molecule has 0 bridgehead atoms. The highest BCUT2D eigenvalue weighted by atomic mass is 16.5. The minimum atomic E-state index is -0.318. The van der Waals surface area contributed by atoms with E-state index in [-0.39, 0.29) is 28.1 Å². The Labute approximate surface area is 278 Å². The van der Waals surface area contributed by atoms with Gasteiger partial charge in [-0.25, -0.2) is 0 Å². The number of nitrogens with zero attached hydrogens (tertiary/aromatic N) is 1. The number of para-hydroxylation sites is 1. The number of amides is 1. The minimum Gasteiger partial charge on any atom is -0.507 e. The molecule has 2 heterocycles. The topological polar surface area (TPSA) is 108 Å². The van der Waals surface area contributed by atoms with Gasteiger partial charge in [0.1, 0.15) is 28.2 Å². The molecule has 0 aliphatic carbocycles. The largest absolute Gasteiger partial charge is 0.507 e. The van der Waals surface area contributed by atoms with E-state index in [9.17, 15) is 14.7 Å². The Bertz CT molecular complexity index is 2010. The van der Waals surface area contributed by atoms with Gasteiger partial charge >= 0.3 is 0 Å². The fourth-order valence-electron chi connectivity index (χ4n) is 6.01. The molecule has 0 fully saturated rings. The summed E-state index contributed by atoms with van der Waals surface area (Å²) in [6.07, 6.45) is 5.26. The molecule has 1 amide bonds. The molecule has 48 heavy (non-hydrogen) atoms. The van der Waals surface area contributed by atoms with Crippen LogP contribution in [0.2, 0.25) is 0 Å². The van der Waals surface area contributed by atoms with Crippen molar-refractivity contribution < 1.29 is 33.3 Å². The van der Waals surface area contributed by atoms with Crippen molar-refractivity contribution in [2.24, 2.45) is 0 Å². The van der Waals surface area contributed by atoms with Crippen LogP contribution >= 0.6 is 0 Å². The number of carbonyl (C=O) groups excluding carboxylic acids is 1. The second-order valence-corrected chi connectivity index (χ2v) is 11.4. The van der Waals surface area contributed by atoms with Crippen molar-refractivity contribution in [3.8, 4) is 40.1 Å². The first-order valence-corrected chi connectivity index (χ1v) is 15.8. The summed E-state index contributed by atoms with van der Waals surface area (Å²) < 4.78 is 28.3. The van der Waals surface area contributed by atoms with E-state index in [1.54, 1.807) is 27.4 Å². The Kier molecular flexibility index (Phi) is 9.66. The van der Waals surface area contributed by atoms with Crippen LogP contribution in [0, 0.1) is 0 Å². The van der Waals surface area contributed by atoms with Crippen LogP contribution in [0.15, 0.2) is 94.1 Å². The van der Waals surface area contributed by atoms with E-state index in [1.807, 2.05) is 77.7 Å². The molecule has 6 rings (SSSR count). The average Bonchev–Trinajstić information content (AvgIpc) is 3.36. The van der Waals surface area contributed by atoms with Gasteiger partial charge in [-0.1, -0.05) is 61.4 Å². The zero-order chi connectivity index (χ0) is 33.6. The van der Waals surface area contributed by atoms with E-state index in [2.05, 4.69) is 0 Å². The Hall–Kier alpha value is -5.70. The van der Waals surface area contributed by atoms with E-state index >= 15 is 0 Å². The Balaban J connectivity index is 1.06. The van der Waals surface area contributed by atoms with E-state index in [0.29, 0.717) is 47.5 Å².